The van der Waals surface area contributed by atoms with E-state index in [0.717, 1.165) is 0 Å². The third-order valence-electron chi connectivity index (χ3n) is 3.47. The van der Waals surface area contributed by atoms with Gasteiger partial charge in [0.2, 0.25) is 0 Å². The molecule has 6 heteroatoms. The van der Waals surface area contributed by atoms with Crippen molar-refractivity contribution >= 4 is 17.5 Å². The van der Waals surface area contributed by atoms with Crippen molar-refractivity contribution < 1.29 is 14.3 Å². The second-order valence-electron chi connectivity index (χ2n) is 4.86. The molecule has 2 aromatic rings. The highest BCUT2D eigenvalue weighted by molar-refractivity contribution is 6.07. The van der Waals surface area contributed by atoms with E-state index in [1.54, 1.807) is 42.5 Å². The maximum absolute atomic E-state index is 12.7. The van der Waals surface area contributed by atoms with Gasteiger partial charge in [0.1, 0.15) is 5.75 Å². The van der Waals surface area contributed by atoms with Crippen molar-refractivity contribution in [3.05, 3.63) is 60.2 Å². The number of nitrogens with zero attached hydrogens (tertiary/aromatic N) is 1. The zero-order valence-electron chi connectivity index (χ0n) is 11.7. The molecule has 0 fully saturated rings. The lowest BCUT2D eigenvalue weighted by Gasteiger charge is -2.33. The van der Waals surface area contributed by atoms with Gasteiger partial charge in [0, 0.05) is 5.56 Å². The molecule has 0 bridgehead atoms. The van der Waals surface area contributed by atoms with Gasteiger partial charge >= 0.3 is 0 Å². The molecular formula is C16H15N3O3. The van der Waals surface area contributed by atoms with Crippen molar-refractivity contribution in [3.63, 3.8) is 0 Å². The predicted molar refractivity (Wildman–Crippen MR) is 81.3 cm³/mol. The number of ether oxygens (including phenoxy) is 1. The molecule has 0 aromatic heterocycles. The summed E-state index contributed by atoms with van der Waals surface area (Å²) in [6.07, 6.45) is -0.840. The first kappa shape index (κ1) is 14.1. The molecule has 112 valence electrons. The molecule has 0 radical (unpaired) electrons. The van der Waals surface area contributed by atoms with Crippen molar-refractivity contribution in [1.82, 2.24) is 5.43 Å². The number of nitrogens with one attached hydrogen (secondary N) is 1. The molecule has 1 heterocycles. The minimum Gasteiger partial charge on any atom is -0.476 e. The van der Waals surface area contributed by atoms with Gasteiger partial charge in [0.25, 0.3) is 11.8 Å². The van der Waals surface area contributed by atoms with Crippen molar-refractivity contribution in [2.24, 2.45) is 5.84 Å². The zero-order valence-corrected chi connectivity index (χ0v) is 11.7. The van der Waals surface area contributed by atoms with Gasteiger partial charge in [0.15, 0.2) is 6.10 Å². The van der Waals surface area contributed by atoms with E-state index in [0.29, 0.717) is 17.0 Å². The molecule has 1 aliphatic rings. The highest BCUT2D eigenvalue weighted by Gasteiger charge is 2.33. The molecule has 2 aromatic carbocycles. The molecule has 0 aliphatic carbocycles. The number of nitrogens with two attached hydrogens (primary N) is 1. The summed E-state index contributed by atoms with van der Waals surface area (Å²) in [5.74, 6) is 4.99. The van der Waals surface area contributed by atoms with Crippen LogP contribution in [0, 0.1) is 0 Å². The summed E-state index contributed by atoms with van der Waals surface area (Å²) in [7, 11) is 0. The molecule has 0 spiro atoms. The lowest BCUT2D eigenvalue weighted by atomic mass is 10.1. The Kier molecular flexibility index (Phi) is 3.76. The third kappa shape index (κ3) is 2.51. The summed E-state index contributed by atoms with van der Waals surface area (Å²) in [6, 6.07) is 16.0. The van der Waals surface area contributed by atoms with E-state index < -0.39 is 12.0 Å². The number of benzene rings is 2. The Morgan fingerprint density at radius 3 is 2.50 bits per heavy atom. The van der Waals surface area contributed by atoms with Gasteiger partial charge in [-0.05, 0) is 24.3 Å². The molecule has 1 atom stereocenters. The molecule has 1 aliphatic heterocycles. The van der Waals surface area contributed by atoms with Crippen LogP contribution in [0.25, 0.3) is 0 Å². The van der Waals surface area contributed by atoms with E-state index in [-0.39, 0.29) is 12.5 Å². The molecule has 0 unspecified atom stereocenters. The summed E-state index contributed by atoms with van der Waals surface area (Å²) in [6.45, 7) is 0.105. The molecule has 22 heavy (non-hydrogen) atoms. The molecule has 3 rings (SSSR count). The second-order valence-corrected chi connectivity index (χ2v) is 4.86. The van der Waals surface area contributed by atoms with Crippen LogP contribution in [0.4, 0.5) is 5.69 Å². The Bertz CT molecular complexity index is 703. The van der Waals surface area contributed by atoms with Crippen LogP contribution in [0.2, 0.25) is 0 Å². The Morgan fingerprint density at radius 2 is 1.77 bits per heavy atom. The lowest BCUT2D eigenvalue weighted by molar-refractivity contribution is -0.127. The van der Waals surface area contributed by atoms with E-state index in [9.17, 15) is 9.59 Å². The van der Waals surface area contributed by atoms with Crippen LogP contribution in [-0.2, 0) is 4.79 Å². The number of anilines is 1. The summed E-state index contributed by atoms with van der Waals surface area (Å²) in [5, 5.41) is 0. The summed E-state index contributed by atoms with van der Waals surface area (Å²) < 4.78 is 5.61. The number of fused-ring (bicyclic) bond motifs is 1. The van der Waals surface area contributed by atoms with E-state index in [4.69, 9.17) is 10.6 Å². The average molecular weight is 297 g/mol. The fraction of sp³-hybridized carbons (Fsp3) is 0.125. The number of hydrogen-bond acceptors (Lipinski definition) is 4. The first-order valence-corrected chi connectivity index (χ1v) is 6.84. The SMILES string of the molecule is NNC(=O)[C@H]1CN(C(=O)c2ccccc2)c2ccccc2O1. The van der Waals surface area contributed by atoms with Crippen molar-refractivity contribution in [1.29, 1.82) is 0 Å². The van der Waals surface area contributed by atoms with Crippen LogP contribution in [-0.4, -0.2) is 24.5 Å². The second kappa shape index (κ2) is 5.87. The van der Waals surface area contributed by atoms with Gasteiger partial charge in [-0.25, -0.2) is 5.84 Å². The van der Waals surface area contributed by atoms with E-state index in [1.807, 2.05) is 12.1 Å². The Morgan fingerprint density at radius 1 is 1.09 bits per heavy atom. The summed E-state index contributed by atoms with van der Waals surface area (Å²) >= 11 is 0. The monoisotopic (exact) mass is 297 g/mol. The van der Waals surface area contributed by atoms with E-state index >= 15 is 0 Å². The van der Waals surface area contributed by atoms with Crippen LogP contribution in [0.5, 0.6) is 5.75 Å². The maximum Gasteiger partial charge on any atom is 0.276 e. The van der Waals surface area contributed by atoms with Gasteiger partial charge in [-0.1, -0.05) is 30.3 Å². The number of hydrogen-bond donors (Lipinski definition) is 2. The first-order chi connectivity index (χ1) is 10.7. The van der Waals surface area contributed by atoms with Crippen molar-refractivity contribution in [3.8, 4) is 5.75 Å². The number of rotatable bonds is 2. The number of carbonyl (C=O) groups is 2. The van der Waals surface area contributed by atoms with Crippen molar-refractivity contribution in [2.75, 3.05) is 11.4 Å². The standard InChI is InChI=1S/C16H15N3O3/c17-18-15(20)14-10-19(12-8-4-5-9-13(12)22-14)16(21)11-6-2-1-3-7-11/h1-9,14H,10,17H2,(H,18,20)/t14-/m1/s1. The van der Waals surface area contributed by atoms with Gasteiger partial charge in [-0.2, -0.15) is 0 Å². The van der Waals surface area contributed by atoms with Gasteiger partial charge in [-0.3, -0.25) is 15.0 Å². The number of amides is 2. The van der Waals surface area contributed by atoms with E-state index in [1.165, 1.54) is 4.90 Å². The average Bonchev–Trinajstić information content (AvgIpc) is 2.60. The Labute approximate surface area is 127 Å². The Balaban J connectivity index is 1.98. The minimum atomic E-state index is -0.840. The highest BCUT2D eigenvalue weighted by atomic mass is 16.5. The third-order valence-corrected chi connectivity index (χ3v) is 3.47. The molecule has 3 N–H and O–H groups in total. The highest BCUT2D eigenvalue weighted by Crippen LogP contribution is 2.34. The molecular weight excluding hydrogens is 282 g/mol. The molecule has 0 saturated carbocycles. The predicted octanol–water partition coefficient (Wildman–Crippen LogP) is 1.08. The van der Waals surface area contributed by atoms with Crippen LogP contribution < -0.4 is 20.9 Å². The minimum absolute atomic E-state index is 0.105. The summed E-state index contributed by atoms with van der Waals surface area (Å²) in [5.41, 5.74) is 3.25. The Hall–Kier alpha value is -2.86. The van der Waals surface area contributed by atoms with Gasteiger partial charge in [-0.15, -0.1) is 0 Å². The van der Waals surface area contributed by atoms with Crippen LogP contribution in [0.3, 0.4) is 0 Å². The van der Waals surface area contributed by atoms with Crippen LogP contribution >= 0.6 is 0 Å². The number of carbonyl (C=O) groups excluding carboxylic acids is 2. The van der Waals surface area contributed by atoms with E-state index in [2.05, 4.69) is 5.43 Å². The van der Waals surface area contributed by atoms with Gasteiger partial charge < -0.3 is 9.64 Å². The molecule has 0 saturated heterocycles. The summed E-state index contributed by atoms with van der Waals surface area (Å²) in [4.78, 5) is 26.0. The van der Waals surface area contributed by atoms with Gasteiger partial charge in [0.05, 0.1) is 12.2 Å². The largest absolute Gasteiger partial charge is 0.476 e. The quantitative estimate of drug-likeness (QED) is 0.493. The molecule has 2 amide bonds. The first-order valence-electron chi connectivity index (χ1n) is 6.84. The van der Waals surface area contributed by atoms with Crippen LogP contribution in [0.1, 0.15) is 10.4 Å². The lowest BCUT2D eigenvalue weighted by Crippen LogP contribution is -2.52. The smallest absolute Gasteiger partial charge is 0.276 e. The molecule has 6 nitrogen and oxygen atoms in total. The normalized spacial score (nSPS) is 16.4. The van der Waals surface area contributed by atoms with Crippen LogP contribution in [0.15, 0.2) is 54.6 Å². The van der Waals surface area contributed by atoms with Crippen molar-refractivity contribution in [2.45, 2.75) is 6.10 Å². The zero-order chi connectivity index (χ0) is 15.5. The maximum atomic E-state index is 12.7. The number of para-hydroxylation sites is 2. The fourth-order valence-corrected chi connectivity index (χ4v) is 2.39. The topological polar surface area (TPSA) is 84.7 Å². The fourth-order valence-electron chi connectivity index (χ4n) is 2.39. The number of hydrazine groups is 1.